The van der Waals surface area contributed by atoms with Gasteiger partial charge in [-0.25, -0.2) is 4.79 Å². The van der Waals surface area contributed by atoms with Crippen LogP contribution in [0.1, 0.15) is 44.1 Å². The lowest BCUT2D eigenvalue weighted by molar-refractivity contribution is -0.131. The lowest BCUT2D eigenvalue weighted by atomic mass is 9.83. The van der Waals surface area contributed by atoms with Gasteiger partial charge in [0.25, 0.3) is 5.91 Å². The number of nitrogens with one attached hydrogen (secondary N) is 2. The molecule has 3 saturated heterocycles. The lowest BCUT2D eigenvalue weighted by Crippen LogP contribution is -2.51. The van der Waals surface area contributed by atoms with E-state index in [1.54, 1.807) is 7.11 Å². The maximum absolute atomic E-state index is 12.7. The van der Waals surface area contributed by atoms with Crippen LogP contribution in [-0.4, -0.2) is 73.0 Å². The Bertz CT molecular complexity index is 843. The second kappa shape index (κ2) is 10.3. The highest BCUT2D eigenvalue weighted by Crippen LogP contribution is 2.30. The predicted molar refractivity (Wildman–Crippen MR) is 120 cm³/mol. The van der Waals surface area contributed by atoms with Gasteiger partial charge in [-0.3, -0.25) is 14.5 Å². The molecule has 1 unspecified atom stereocenters. The molecule has 8 heteroatoms. The van der Waals surface area contributed by atoms with Crippen LogP contribution in [0.3, 0.4) is 0 Å². The number of carbonyl (C=O) groups excluding carboxylic acids is 3. The number of hydrogen-bond donors (Lipinski definition) is 2. The fourth-order valence-corrected chi connectivity index (χ4v) is 5.39. The number of para-hydroxylation sites is 1. The van der Waals surface area contributed by atoms with E-state index >= 15 is 0 Å². The summed E-state index contributed by atoms with van der Waals surface area (Å²) >= 11 is 0. The van der Waals surface area contributed by atoms with E-state index in [-0.39, 0.29) is 24.8 Å². The van der Waals surface area contributed by atoms with Crippen molar-refractivity contribution in [2.24, 2.45) is 5.92 Å². The van der Waals surface area contributed by atoms with E-state index in [1.807, 2.05) is 24.3 Å². The molecule has 3 aliphatic rings. The maximum atomic E-state index is 12.7. The number of urea groups is 1. The molecule has 32 heavy (non-hydrogen) atoms. The molecular formula is C24H34N4O4. The Kier molecular flexibility index (Phi) is 7.29. The highest BCUT2D eigenvalue weighted by atomic mass is 16.5. The first-order valence-electron chi connectivity index (χ1n) is 11.8. The minimum absolute atomic E-state index is 0.0170. The second-order valence-electron chi connectivity index (χ2n) is 9.06. The van der Waals surface area contributed by atoms with Crippen LogP contribution in [0.2, 0.25) is 0 Å². The van der Waals surface area contributed by atoms with Crippen LogP contribution in [0.25, 0.3) is 0 Å². The van der Waals surface area contributed by atoms with Gasteiger partial charge in [-0.2, -0.15) is 0 Å². The molecule has 8 nitrogen and oxygen atoms in total. The summed E-state index contributed by atoms with van der Waals surface area (Å²) in [5, 5.41) is 5.70. The Balaban J connectivity index is 1.26. The Hall–Kier alpha value is -2.61. The summed E-state index contributed by atoms with van der Waals surface area (Å²) in [7, 11) is 1.60. The summed E-state index contributed by atoms with van der Waals surface area (Å²) in [6.07, 6.45) is 6.54. The number of amides is 4. The Morgan fingerprint density at radius 3 is 2.81 bits per heavy atom. The van der Waals surface area contributed by atoms with Crippen molar-refractivity contribution in [1.29, 1.82) is 0 Å². The van der Waals surface area contributed by atoms with Crippen LogP contribution in [0.4, 0.5) is 4.79 Å². The molecule has 3 fully saturated rings. The van der Waals surface area contributed by atoms with E-state index in [9.17, 15) is 14.4 Å². The van der Waals surface area contributed by atoms with E-state index < -0.39 is 12.1 Å². The lowest BCUT2D eigenvalue weighted by Gasteiger charge is -2.44. The minimum Gasteiger partial charge on any atom is -0.496 e. The van der Waals surface area contributed by atoms with Gasteiger partial charge < -0.3 is 20.3 Å². The van der Waals surface area contributed by atoms with Gasteiger partial charge in [0, 0.05) is 19.1 Å². The van der Waals surface area contributed by atoms with Gasteiger partial charge in [0.05, 0.1) is 13.5 Å². The van der Waals surface area contributed by atoms with Crippen molar-refractivity contribution < 1.29 is 19.1 Å². The van der Waals surface area contributed by atoms with Gasteiger partial charge in [-0.05, 0) is 62.7 Å². The SMILES string of the molecule is COc1ccccc1CCN1C(=O)NC(CC(=O)NC[C@@H]2CCCN3CCCC[C@H]23)C1=O. The number of piperidine rings is 2. The van der Waals surface area contributed by atoms with Crippen molar-refractivity contribution in [3.63, 3.8) is 0 Å². The van der Waals surface area contributed by atoms with Gasteiger partial charge in [-0.15, -0.1) is 0 Å². The third kappa shape index (κ3) is 5.06. The van der Waals surface area contributed by atoms with E-state index in [0.29, 0.717) is 24.9 Å². The molecule has 1 aromatic rings. The fraction of sp³-hybridized carbons (Fsp3) is 0.625. The Morgan fingerprint density at radius 2 is 1.97 bits per heavy atom. The van der Waals surface area contributed by atoms with Crippen molar-refractivity contribution in [2.45, 2.75) is 57.0 Å². The number of hydrogen-bond acceptors (Lipinski definition) is 5. The highest BCUT2D eigenvalue weighted by molar-refractivity contribution is 6.05. The largest absolute Gasteiger partial charge is 0.496 e. The average Bonchev–Trinajstić information content (AvgIpc) is 3.08. The molecule has 1 aromatic carbocycles. The van der Waals surface area contributed by atoms with Crippen molar-refractivity contribution in [1.82, 2.24) is 20.4 Å². The monoisotopic (exact) mass is 442 g/mol. The van der Waals surface area contributed by atoms with E-state index in [1.165, 1.54) is 43.7 Å². The van der Waals surface area contributed by atoms with Gasteiger partial charge >= 0.3 is 6.03 Å². The molecule has 0 aliphatic carbocycles. The van der Waals surface area contributed by atoms with Gasteiger partial charge in [0.2, 0.25) is 5.91 Å². The highest BCUT2D eigenvalue weighted by Gasteiger charge is 2.39. The molecule has 3 heterocycles. The third-order valence-electron chi connectivity index (χ3n) is 7.08. The normalized spacial score (nSPS) is 25.9. The standard InChI is InChI=1S/C24H34N4O4/c1-32-21-10-3-2-7-17(21)11-14-28-23(30)19(26-24(28)31)15-22(29)25-16-18-8-6-13-27-12-5-4-9-20(18)27/h2-3,7,10,18-20H,4-6,8-9,11-16H2,1H3,(H,25,29)(H,26,31)/t18-,19?,20+/m0/s1. The molecule has 0 spiro atoms. The smallest absolute Gasteiger partial charge is 0.324 e. The number of methoxy groups -OCH3 is 1. The zero-order chi connectivity index (χ0) is 22.5. The van der Waals surface area contributed by atoms with Crippen molar-refractivity contribution >= 4 is 17.8 Å². The number of carbonyl (C=O) groups is 3. The summed E-state index contributed by atoms with van der Waals surface area (Å²) in [6.45, 7) is 3.24. The second-order valence-corrected chi connectivity index (χ2v) is 9.06. The Labute approximate surface area is 189 Å². The number of rotatable bonds is 8. The minimum atomic E-state index is -0.794. The zero-order valence-electron chi connectivity index (χ0n) is 18.8. The molecule has 3 atom stereocenters. The summed E-state index contributed by atoms with van der Waals surface area (Å²) in [4.78, 5) is 41.4. The average molecular weight is 443 g/mol. The number of imide groups is 1. The molecule has 2 N–H and O–H groups in total. The number of ether oxygens (including phenoxy) is 1. The topological polar surface area (TPSA) is 91.0 Å². The van der Waals surface area contributed by atoms with E-state index in [2.05, 4.69) is 15.5 Å². The van der Waals surface area contributed by atoms with Crippen LogP contribution in [-0.2, 0) is 16.0 Å². The Morgan fingerprint density at radius 1 is 1.16 bits per heavy atom. The van der Waals surface area contributed by atoms with Crippen molar-refractivity contribution in [2.75, 3.05) is 33.3 Å². The van der Waals surface area contributed by atoms with Crippen LogP contribution >= 0.6 is 0 Å². The summed E-state index contributed by atoms with van der Waals surface area (Å²) in [5.41, 5.74) is 0.932. The first-order valence-corrected chi connectivity index (χ1v) is 11.8. The molecular weight excluding hydrogens is 408 g/mol. The van der Waals surface area contributed by atoms with Gasteiger partial charge in [-0.1, -0.05) is 24.6 Å². The molecule has 0 saturated carbocycles. The van der Waals surface area contributed by atoms with Crippen LogP contribution in [0.15, 0.2) is 24.3 Å². The molecule has 4 rings (SSSR count). The summed E-state index contributed by atoms with van der Waals surface area (Å²) < 4.78 is 5.34. The van der Waals surface area contributed by atoms with E-state index in [0.717, 1.165) is 17.7 Å². The summed E-state index contributed by atoms with van der Waals surface area (Å²) in [5.74, 6) is 0.688. The predicted octanol–water partition coefficient (Wildman–Crippen LogP) is 1.93. The van der Waals surface area contributed by atoms with Crippen molar-refractivity contribution in [3.05, 3.63) is 29.8 Å². The molecule has 4 amide bonds. The van der Waals surface area contributed by atoms with Crippen LogP contribution in [0, 0.1) is 5.92 Å². The molecule has 0 aromatic heterocycles. The first kappa shape index (κ1) is 22.6. The summed E-state index contributed by atoms with van der Waals surface area (Å²) in [6, 6.07) is 6.88. The van der Waals surface area contributed by atoms with Gasteiger partial charge in [0.15, 0.2) is 0 Å². The molecule has 0 bridgehead atoms. The molecule has 174 valence electrons. The van der Waals surface area contributed by atoms with Crippen LogP contribution in [0.5, 0.6) is 5.75 Å². The van der Waals surface area contributed by atoms with Gasteiger partial charge in [0.1, 0.15) is 11.8 Å². The molecule has 0 radical (unpaired) electrons. The van der Waals surface area contributed by atoms with Crippen LogP contribution < -0.4 is 15.4 Å². The first-order chi connectivity index (χ1) is 15.6. The fourth-order valence-electron chi connectivity index (χ4n) is 5.39. The maximum Gasteiger partial charge on any atom is 0.324 e. The van der Waals surface area contributed by atoms with E-state index in [4.69, 9.17) is 4.74 Å². The number of fused-ring (bicyclic) bond motifs is 1. The molecule has 3 aliphatic heterocycles. The van der Waals surface area contributed by atoms with Crippen molar-refractivity contribution in [3.8, 4) is 5.75 Å². The number of benzene rings is 1. The number of nitrogens with zero attached hydrogens (tertiary/aromatic N) is 2. The zero-order valence-corrected chi connectivity index (χ0v) is 18.8. The quantitative estimate of drug-likeness (QED) is 0.601. The third-order valence-corrected chi connectivity index (χ3v) is 7.08.